The van der Waals surface area contributed by atoms with E-state index in [1.807, 2.05) is 19.1 Å². The van der Waals surface area contributed by atoms with Crippen LogP contribution >= 0.6 is 0 Å². The van der Waals surface area contributed by atoms with Gasteiger partial charge >= 0.3 is 0 Å². The van der Waals surface area contributed by atoms with Gasteiger partial charge in [0.25, 0.3) is 5.91 Å². The number of carbonyl (C=O) groups excluding carboxylic acids is 1. The number of amides is 1. The highest BCUT2D eigenvalue weighted by atomic mass is 32.2. The van der Waals surface area contributed by atoms with Crippen LogP contribution < -0.4 is 4.72 Å². The van der Waals surface area contributed by atoms with Crippen LogP contribution in [0, 0.1) is 13.8 Å². The molecule has 7 heteroatoms. The van der Waals surface area contributed by atoms with Gasteiger partial charge in [-0.3, -0.25) is 9.52 Å². The van der Waals surface area contributed by atoms with E-state index in [9.17, 15) is 13.2 Å². The van der Waals surface area contributed by atoms with Gasteiger partial charge in [-0.2, -0.15) is 0 Å². The lowest BCUT2D eigenvalue weighted by Gasteiger charge is -2.17. The van der Waals surface area contributed by atoms with Crippen molar-refractivity contribution in [2.24, 2.45) is 0 Å². The van der Waals surface area contributed by atoms with Gasteiger partial charge in [0.1, 0.15) is 11.5 Å². The molecule has 0 radical (unpaired) electrons. The molecule has 0 fully saturated rings. The number of aryl methyl sites for hydroxylation is 2. The molecule has 124 valence electrons. The summed E-state index contributed by atoms with van der Waals surface area (Å²) in [5.41, 5.74) is 1.56. The summed E-state index contributed by atoms with van der Waals surface area (Å²) < 4.78 is 30.7. The van der Waals surface area contributed by atoms with E-state index < -0.39 is 10.0 Å². The smallest absolute Gasteiger partial charge is 0.254 e. The molecule has 0 aliphatic heterocycles. The minimum absolute atomic E-state index is 0.212. The summed E-state index contributed by atoms with van der Waals surface area (Å²) in [6.45, 7) is 3.96. The van der Waals surface area contributed by atoms with E-state index in [4.69, 9.17) is 4.42 Å². The van der Waals surface area contributed by atoms with E-state index in [1.54, 1.807) is 32.2 Å². The van der Waals surface area contributed by atoms with Crippen LogP contribution in [0.1, 0.15) is 27.4 Å². The maximum Gasteiger partial charge on any atom is 0.254 e. The summed E-state index contributed by atoms with van der Waals surface area (Å²) in [4.78, 5) is 14.0. The highest BCUT2D eigenvalue weighted by Gasteiger charge is 2.15. The van der Waals surface area contributed by atoms with Crippen molar-refractivity contribution in [2.45, 2.75) is 20.4 Å². The Kier molecular flexibility index (Phi) is 4.79. The number of benzene rings is 1. The Hall–Kier alpha value is -2.28. The molecule has 0 saturated carbocycles. The molecule has 23 heavy (non-hydrogen) atoms. The van der Waals surface area contributed by atoms with Gasteiger partial charge in [-0.1, -0.05) is 6.07 Å². The zero-order valence-electron chi connectivity index (χ0n) is 13.6. The molecule has 0 saturated heterocycles. The fourth-order valence-corrected chi connectivity index (χ4v) is 2.78. The van der Waals surface area contributed by atoms with Crippen molar-refractivity contribution >= 4 is 21.6 Å². The number of carbonyl (C=O) groups is 1. The summed E-state index contributed by atoms with van der Waals surface area (Å²) in [7, 11) is -1.73. The number of hydrogen-bond donors (Lipinski definition) is 1. The molecule has 1 N–H and O–H groups in total. The third-order valence-corrected chi connectivity index (χ3v) is 3.91. The molecule has 1 amide bonds. The first-order valence-corrected chi connectivity index (χ1v) is 8.94. The minimum Gasteiger partial charge on any atom is -0.464 e. The van der Waals surface area contributed by atoms with Gasteiger partial charge in [0.15, 0.2) is 0 Å². The normalized spacial score (nSPS) is 11.3. The Morgan fingerprint density at radius 2 is 1.91 bits per heavy atom. The Morgan fingerprint density at radius 1 is 1.22 bits per heavy atom. The van der Waals surface area contributed by atoms with Crippen LogP contribution in [0.3, 0.4) is 0 Å². The minimum atomic E-state index is -3.40. The predicted molar refractivity (Wildman–Crippen MR) is 88.9 cm³/mol. The first kappa shape index (κ1) is 17.1. The van der Waals surface area contributed by atoms with E-state index in [-0.39, 0.29) is 5.91 Å². The lowest BCUT2D eigenvalue weighted by molar-refractivity contribution is 0.0775. The quantitative estimate of drug-likeness (QED) is 0.910. The number of anilines is 1. The predicted octanol–water partition coefficient (Wildman–Crippen LogP) is 2.54. The maximum absolute atomic E-state index is 12.5. The average molecular weight is 336 g/mol. The number of nitrogens with zero attached hydrogens (tertiary/aromatic N) is 1. The third kappa shape index (κ3) is 4.59. The first-order chi connectivity index (χ1) is 10.7. The second kappa shape index (κ2) is 6.45. The number of rotatable bonds is 5. The van der Waals surface area contributed by atoms with Crippen LogP contribution in [0.25, 0.3) is 0 Å². The summed E-state index contributed by atoms with van der Waals surface area (Å²) in [6.07, 6.45) is 1.08. The van der Waals surface area contributed by atoms with E-state index in [1.165, 1.54) is 4.90 Å². The lowest BCUT2D eigenvalue weighted by atomic mass is 10.1. The monoisotopic (exact) mass is 336 g/mol. The van der Waals surface area contributed by atoms with E-state index >= 15 is 0 Å². The molecule has 2 aromatic rings. The summed E-state index contributed by atoms with van der Waals surface area (Å²) in [5.74, 6) is 1.27. The Morgan fingerprint density at radius 3 is 2.48 bits per heavy atom. The lowest BCUT2D eigenvalue weighted by Crippen LogP contribution is -2.26. The fourth-order valence-electron chi connectivity index (χ4n) is 2.16. The second-order valence-electron chi connectivity index (χ2n) is 5.58. The van der Waals surface area contributed by atoms with Gasteiger partial charge < -0.3 is 9.32 Å². The molecule has 0 aliphatic carbocycles. The molecule has 1 aromatic heterocycles. The van der Waals surface area contributed by atoms with Crippen molar-refractivity contribution in [3.05, 3.63) is 53.0 Å². The zero-order chi connectivity index (χ0) is 17.2. The molecular formula is C16H20N2O4S. The molecule has 0 unspecified atom stereocenters. The van der Waals surface area contributed by atoms with Crippen LogP contribution in [-0.2, 0) is 16.6 Å². The molecule has 1 heterocycles. The highest BCUT2D eigenvalue weighted by molar-refractivity contribution is 7.92. The van der Waals surface area contributed by atoms with Crippen LogP contribution in [0.4, 0.5) is 5.69 Å². The molecular weight excluding hydrogens is 316 g/mol. The van der Waals surface area contributed by atoms with Crippen molar-refractivity contribution in [3.8, 4) is 0 Å². The Labute approximate surface area is 136 Å². The summed E-state index contributed by atoms with van der Waals surface area (Å²) in [5, 5.41) is 0. The second-order valence-corrected chi connectivity index (χ2v) is 7.33. The van der Waals surface area contributed by atoms with Crippen molar-refractivity contribution in [1.29, 1.82) is 0 Å². The zero-order valence-corrected chi connectivity index (χ0v) is 14.4. The van der Waals surface area contributed by atoms with Gasteiger partial charge in [0, 0.05) is 12.6 Å². The first-order valence-electron chi connectivity index (χ1n) is 7.05. The van der Waals surface area contributed by atoms with Gasteiger partial charge in [0.05, 0.1) is 18.5 Å². The topological polar surface area (TPSA) is 79.6 Å². The standard InChI is InChI=1S/C16H20N2O4S/c1-11-5-7-13(9-15(11)17-23(4,20)21)16(19)18(3)10-14-8-6-12(2)22-14/h5-9,17H,10H2,1-4H3. The maximum atomic E-state index is 12.5. The average Bonchev–Trinajstić information content (AvgIpc) is 2.84. The molecule has 0 atom stereocenters. The Bertz CT molecular complexity index is 824. The number of furan rings is 1. The third-order valence-electron chi connectivity index (χ3n) is 3.32. The van der Waals surface area contributed by atoms with Crippen molar-refractivity contribution in [1.82, 2.24) is 4.90 Å². The van der Waals surface area contributed by atoms with Gasteiger partial charge in [-0.15, -0.1) is 0 Å². The SMILES string of the molecule is Cc1ccc(CN(C)C(=O)c2ccc(C)c(NS(C)(=O)=O)c2)o1. The fraction of sp³-hybridized carbons (Fsp3) is 0.312. The van der Waals surface area contributed by atoms with E-state index in [0.717, 1.165) is 17.6 Å². The van der Waals surface area contributed by atoms with Gasteiger partial charge in [0.2, 0.25) is 10.0 Å². The van der Waals surface area contributed by atoms with Gasteiger partial charge in [-0.05, 0) is 43.7 Å². The van der Waals surface area contributed by atoms with Crippen LogP contribution in [0.2, 0.25) is 0 Å². The van der Waals surface area contributed by atoms with Crippen molar-refractivity contribution in [3.63, 3.8) is 0 Å². The van der Waals surface area contributed by atoms with Crippen LogP contribution in [0.15, 0.2) is 34.7 Å². The molecule has 0 aliphatic rings. The largest absolute Gasteiger partial charge is 0.464 e. The number of nitrogens with one attached hydrogen (secondary N) is 1. The molecule has 6 nitrogen and oxygen atoms in total. The van der Waals surface area contributed by atoms with Gasteiger partial charge in [-0.25, -0.2) is 8.42 Å². The van der Waals surface area contributed by atoms with E-state index in [2.05, 4.69) is 4.72 Å². The summed E-state index contributed by atoms with van der Waals surface area (Å²) >= 11 is 0. The van der Waals surface area contributed by atoms with Crippen molar-refractivity contribution in [2.75, 3.05) is 18.0 Å². The highest BCUT2D eigenvalue weighted by Crippen LogP contribution is 2.19. The van der Waals surface area contributed by atoms with E-state index in [0.29, 0.717) is 23.6 Å². The number of hydrogen-bond acceptors (Lipinski definition) is 4. The summed E-state index contributed by atoms with van der Waals surface area (Å²) in [6, 6.07) is 8.60. The molecule has 1 aromatic carbocycles. The molecule has 0 bridgehead atoms. The van der Waals surface area contributed by atoms with Crippen LogP contribution in [-0.4, -0.2) is 32.5 Å². The van der Waals surface area contributed by atoms with Crippen molar-refractivity contribution < 1.29 is 17.6 Å². The van der Waals surface area contributed by atoms with Crippen LogP contribution in [0.5, 0.6) is 0 Å². The Balaban J connectivity index is 2.20. The molecule has 2 rings (SSSR count). The number of sulfonamides is 1. The molecule has 0 spiro atoms.